The number of alkyl halides is 6. The van der Waals surface area contributed by atoms with Crippen LogP contribution in [0.2, 0.25) is 0 Å². The summed E-state index contributed by atoms with van der Waals surface area (Å²) in [4.78, 5) is 0. The fourth-order valence-electron chi connectivity index (χ4n) is 0.385. The first kappa shape index (κ1) is 16.9. The normalized spacial score (nSPS) is 13.2. The number of hydrogen-bond acceptors (Lipinski definition) is 2. The van der Waals surface area contributed by atoms with E-state index in [1.807, 2.05) is 0 Å². The first-order chi connectivity index (χ1) is 6.41. The molecule has 0 aromatic heterocycles. The Kier molecular flexibility index (Phi) is 6.25. The Morgan fingerprint density at radius 3 is 0.933 bits per heavy atom. The SMILES string of the molecule is CC(F)(F)C(F)(F)C(C)(F)F.OCCO. The molecule has 0 unspecified atom stereocenters. The zero-order valence-electron chi connectivity index (χ0n) is 8.08. The topological polar surface area (TPSA) is 40.5 Å². The lowest BCUT2D eigenvalue weighted by Gasteiger charge is -2.27. The van der Waals surface area contributed by atoms with Gasteiger partial charge in [0, 0.05) is 13.8 Å². The van der Waals surface area contributed by atoms with E-state index in [1.165, 1.54) is 0 Å². The minimum absolute atomic E-state index is 0.125. The van der Waals surface area contributed by atoms with Crippen LogP contribution >= 0.6 is 0 Å². The van der Waals surface area contributed by atoms with Gasteiger partial charge >= 0.3 is 17.8 Å². The van der Waals surface area contributed by atoms with Gasteiger partial charge in [0.1, 0.15) is 0 Å². The molecule has 0 spiro atoms. The minimum atomic E-state index is -5.29. The summed E-state index contributed by atoms with van der Waals surface area (Å²) in [5, 5.41) is 15.2. The van der Waals surface area contributed by atoms with Crippen molar-refractivity contribution in [3.05, 3.63) is 0 Å². The maximum atomic E-state index is 11.9. The smallest absolute Gasteiger partial charge is 0.371 e. The van der Waals surface area contributed by atoms with E-state index in [4.69, 9.17) is 10.2 Å². The first-order valence-electron chi connectivity index (χ1n) is 3.77. The zero-order chi connectivity index (χ0) is 12.9. The number of halogens is 6. The van der Waals surface area contributed by atoms with Crippen LogP contribution in [0.5, 0.6) is 0 Å². The Labute approximate surface area is 82.5 Å². The minimum Gasteiger partial charge on any atom is -0.394 e. The van der Waals surface area contributed by atoms with E-state index in [-0.39, 0.29) is 27.1 Å². The second kappa shape index (κ2) is 5.55. The molecule has 0 aliphatic carbocycles. The summed E-state index contributed by atoms with van der Waals surface area (Å²) in [6.07, 6.45) is 0. The van der Waals surface area contributed by atoms with E-state index >= 15 is 0 Å². The van der Waals surface area contributed by atoms with E-state index in [0.717, 1.165) is 0 Å². The fraction of sp³-hybridized carbons (Fsp3) is 1.00. The molecule has 8 heteroatoms. The second-order valence-electron chi connectivity index (χ2n) is 2.80. The molecular formula is C7H12F6O2. The van der Waals surface area contributed by atoms with Gasteiger partial charge in [0.15, 0.2) is 0 Å². The average Bonchev–Trinajstić information content (AvgIpc) is 2.01. The molecule has 2 nitrogen and oxygen atoms in total. The molecule has 0 fully saturated rings. The van der Waals surface area contributed by atoms with E-state index in [9.17, 15) is 26.3 Å². The molecule has 94 valence electrons. The molecule has 0 aromatic carbocycles. The van der Waals surface area contributed by atoms with Gasteiger partial charge in [-0.05, 0) is 0 Å². The summed E-state index contributed by atoms with van der Waals surface area (Å²) in [5.74, 6) is -14.7. The molecule has 0 atom stereocenters. The van der Waals surface area contributed by atoms with Crippen LogP contribution in [0.4, 0.5) is 26.3 Å². The highest BCUT2D eigenvalue weighted by molar-refractivity contribution is 4.90. The van der Waals surface area contributed by atoms with Gasteiger partial charge in [-0.2, -0.15) is 26.3 Å². The van der Waals surface area contributed by atoms with Gasteiger partial charge in [-0.1, -0.05) is 0 Å². The molecule has 0 saturated heterocycles. The van der Waals surface area contributed by atoms with Crippen LogP contribution < -0.4 is 0 Å². The molecule has 15 heavy (non-hydrogen) atoms. The second-order valence-corrected chi connectivity index (χ2v) is 2.80. The predicted molar refractivity (Wildman–Crippen MR) is 40.4 cm³/mol. The lowest BCUT2D eigenvalue weighted by atomic mass is 10.1. The number of aliphatic hydroxyl groups is 2. The van der Waals surface area contributed by atoms with Crippen LogP contribution in [-0.2, 0) is 0 Å². The van der Waals surface area contributed by atoms with Crippen molar-refractivity contribution >= 4 is 0 Å². The Hall–Kier alpha value is -0.500. The highest BCUT2D eigenvalue weighted by atomic mass is 19.3. The largest absolute Gasteiger partial charge is 0.394 e. The van der Waals surface area contributed by atoms with Crippen LogP contribution in [0.15, 0.2) is 0 Å². The summed E-state index contributed by atoms with van der Waals surface area (Å²) < 4.78 is 70.9. The van der Waals surface area contributed by atoms with Gasteiger partial charge in [0.25, 0.3) is 0 Å². The third kappa shape index (κ3) is 5.22. The van der Waals surface area contributed by atoms with Gasteiger partial charge in [-0.25, -0.2) is 0 Å². The molecule has 0 saturated carbocycles. The van der Waals surface area contributed by atoms with Crippen molar-refractivity contribution in [3.8, 4) is 0 Å². The van der Waals surface area contributed by atoms with Crippen molar-refractivity contribution in [2.24, 2.45) is 0 Å². The molecule has 2 N–H and O–H groups in total. The fourth-order valence-corrected chi connectivity index (χ4v) is 0.385. The Morgan fingerprint density at radius 2 is 0.933 bits per heavy atom. The van der Waals surface area contributed by atoms with Crippen molar-refractivity contribution in [3.63, 3.8) is 0 Å². The highest BCUT2D eigenvalue weighted by Gasteiger charge is 2.66. The van der Waals surface area contributed by atoms with Crippen LogP contribution in [0.25, 0.3) is 0 Å². The number of hydrogen-bond donors (Lipinski definition) is 2. The maximum absolute atomic E-state index is 11.9. The summed E-state index contributed by atoms with van der Waals surface area (Å²) in [6.45, 7) is -0.741. The van der Waals surface area contributed by atoms with E-state index in [0.29, 0.717) is 0 Å². The number of rotatable bonds is 3. The molecule has 0 radical (unpaired) electrons. The Balaban J connectivity index is 0. The average molecular weight is 242 g/mol. The predicted octanol–water partition coefficient (Wildman–Crippen LogP) is 1.90. The molecule has 0 aromatic rings. The van der Waals surface area contributed by atoms with E-state index in [1.54, 1.807) is 0 Å². The molecular weight excluding hydrogens is 230 g/mol. The van der Waals surface area contributed by atoms with Gasteiger partial charge in [0.2, 0.25) is 0 Å². The third-order valence-corrected chi connectivity index (χ3v) is 1.20. The standard InChI is InChI=1S/C5H6F6.C2H6O2/c1-3(6,7)5(10,11)4(2,8)9;3-1-2-4/h1-2H3;3-4H,1-2H2. The first-order valence-corrected chi connectivity index (χ1v) is 3.77. The summed E-state index contributed by atoms with van der Waals surface area (Å²) in [6, 6.07) is 0. The third-order valence-electron chi connectivity index (χ3n) is 1.20. The molecule has 0 bridgehead atoms. The van der Waals surface area contributed by atoms with E-state index in [2.05, 4.69) is 0 Å². The highest BCUT2D eigenvalue weighted by Crippen LogP contribution is 2.44. The molecule has 0 rings (SSSR count). The Morgan fingerprint density at radius 1 is 0.733 bits per heavy atom. The van der Waals surface area contributed by atoms with Crippen molar-refractivity contribution in [2.75, 3.05) is 13.2 Å². The summed E-state index contributed by atoms with van der Waals surface area (Å²) in [7, 11) is 0. The van der Waals surface area contributed by atoms with Crippen LogP contribution in [0.3, 0.4) is 0 Å². The maximum Gasteiger partial charge on any atom is 0.371 e. The zero-order valence-corrected chi connectivity index (χ0v) is 8.08. The van der Waals surface area contributed by atoms with Crippen molar-refractivity contribution in [1.29, 1.82) is 0 Å². The van der Waals surface area contributed by atoms with Gasteiger partial charge in [0.05, 0.1) is 13.2 Å². The summed E-state index contributed by atoms with van der Waals surface area (Å²) >= 11 is 0. The lowest BCUT2D eigenvalue weighted by molar-refractivity contribution is -0.295. The van der Waals surface area contributed by atoms with Gasteiger partial charge in [-0.15, -0.1) is 0 Å². The molecule has 0 aliphatic heterocycles. The van der Waals surface area contributed by atoms with Gasteiger partial charge in [-0.3, -0.25) is 0 Å². The van der Waals surface area contributed by atoms with Crippen molar-refractivity contribution < 1.29 is 36.6 Å². The van der Waals surface area contributed by atoms with Crippen LogP contribution in [-0.4, -0.2) is 41.2 Å². The molecule has 0 amide bonds. The van der Waals surface area contributed by atoms with Crippen LogP contribution in [0.1, 0.15) is 13.8 Å². The molecule has 0 aliphatic rings. The Bertz CT molecular complexity index is 153. The van der Waals surface area contributed by atoms with Crippen molar-refractivity contribution in [2.45, 2.75) is 31.6 Å². The lowest BCUT2D eigenvalue weighted by Crippen LogP contribution is -2.50. The number of aliphatic hydroxyl groups excluding tert-OH is 2. The summed E-state index contributed by atoms with van der Waals surface area (Å²) in [5.41, 5.74) is 0. The van der Waals surface area contributed by atoms with Crippen molar-refractivity contribution in [1.82, 2.24) is 0 Å². The van der Waals surface area contributed by atoms with Crippen LogP contribution in [0, 0.1) is 0 Å². The van der Waals surface area contributed by atoms with Gasteiger partial charge < -0.3 is 10.2 Å². The molecule has 0 heterocycles. The quantitative estimate of drug-likeness (QED) is 0.742. The monoisotopic (exact) mass is 242 g/mol. The van der Waals surface area contributed by atoms with E-state index < -0.39 is 17.8 Å².